The molecule has 666 valence electrons. The van der Waals surface area contributed by atoms with Crippen LogP contribution in [0.4, 0.5) is 68.2 Å². The van der Waals surface area contributed by atoms with Gasteiger partial charge in [-0.25, -0.2) is 0 Å². The van der Waals surface area contributed by atoms with Gasteiger partial charge in [-0.05, 0) is 266 Å². The van der Waals surface area contributed by atoms with Crippen molar-refractivity contribution >= 4 is 155 Å². The molecule has 0 amide bonds. The normalized spacial score (nSPS) is 11.3. The maximum absolute atomic E-state index is 6.77. The molecule has 26 rings (SSSR count). The molecule has 0 atom stereocenters. The van der Waals surface area contributed by atoms with Crippen molar-refractivity contribution < 1.29 is 8.83 Å². The minimum absolute atomic E-state index is 0.878. The van der Waals surface area contributed by atoms with Crippen LogP contribution in [0.1, 0.15) is 0 Å². The molecule has 0 radical (unpaired) electrons. The van der Waals surface area contributed by atoms with Gasteiger partial charge in [0, 0.05) is 100 Å². The molecule has 0 saturated heterocycles. The zero-order valence-electron chi connectivity index (χ0n) is 77.2. The first-order valence-electron chi connectivity index (χ1n) is 48.0. The Hall–Kier alpha value is -18.8. The summed E-state index contributed by atoms with van der Waals surface area (Å²) < 4.78 is 15.7. The van der Waals surface area contributed by atoms with Crippen LogP contribution in [0.15, 0.2) is 573 Å². The number of fused-ring (bicyclic) bond motifs is 13. The molecule has 0 aliphatic rings. The van der Waals surface area contributed by atoms with Gasteiger partial charge in [-0.3, -0.25) is 0 Å². The van der Waals surface area contributed by atoms with Gasteiger partial charge in [0.05, 0.1) is 27.8 Å². The fourth-order valence-corrected chi connectivity index (χ4v) is 20.0. The third kappa shape index (κ3) is 16.9. The highest BCUT2D eigenvalue weighted by molar-refractivity contribution is 6.21. The van der Waals surface area contributed by atoms with Gasteiger partial charge in [0.1, 0.15) is 16.7 Å². The molecule has 3 aromatic heterocycles. The van der Waals surface area contributed by atoms with Crippen molar-refractivity contribution in [3.05, 3.63) is 564 Å². The highest BCUT2D eigenvalue weighted by Crippen LogP contribution is 2.50. The first-order valence-corrected chi connectivity index (χ1v) is 48.0. The van der Waals surface area contributed by atoms with E-state index in [4.69, 9.17) is 8.83 Å². The van der Waals surface area contributed by atoms with Crippen LogP contribution in [0, 0.1) is 0 Å². The average molecular weight is 1810 g/mol. The Balaban J connectivity index is 0.000000116. The topological polar surface area (TPSA) is 44.2 Å². The van der Waals surface area contributed by atoms with E-state index in [0.717, 1.165) is 129 Å². The van der Waals surface area contributed by atoms with Crippen LogP contribution in [-0.4, -0.2) is 4.57 Å². The van der Waals surface area contributed by atoms with Gasteiger partial charge in [0.15, 0.2) is 5.58 Å². The van der Waals surface area contributed by atoms with Crippen molar-refractivity contribution in [3.63, 3.8) is 0 Å². The fourth-order valence-electron chi connectivity index (χ4n) is 20.0. The molecule has 7 nitrogen and oxygen atoms in total. The second-order valence-electron chi connectivity index (χ2n) is 35.4. The fraction of sp³-hybridized carbons (Fsp3) is 0. The number of para-hydroxylation sites is 6. The lowest BCUT2D eigenvalue weighted by Gasteiger charge is -2.26. The molecule has 0 fully saturated rings. The summed E-state index contributed by atoms with van der Waals surface area (Å²) in [4.78, 5) is 9.25. The molecule has 23 aromatic carbocycles. The first kappa shape index (κ1) is 85.1. The highest BCUT2D eigenvalue weighted by atomic mass is 16.3. The van der Waals surface area contributed by atoms with Gasteiger partial charge in [-0.15, -0.1) is 0 Å². The first-order chi connectivity index (χ1) is 69.9. The van der Waals surface area contributed by atoms with Gasteiger partial charge >= 0.3 is 0 Å². The van der Waals surface area contributed by atoms with Crippen molar-refractivity contribution in [2.75, 3.05) is 19.6 Å². The standard InChI is InChI=1S/C54H39N3.2C40H27NO/c1-6-16-44(17-7-1)55(45-18-8-2-9-19-45)49-32-26-40(27-33-49)42-30-36-53-51(38-42)52-39-43(31-37-54(52)57(53)48-24-14-5-15-25-48)41-28-34-50(35-29-41)56(46-20-10-3-11-21-46)47-22-12-4-13-23-47;1-3-10-28(11-4-1)30-18-23-33(24-19-30)41(34-25-20-31(21-26-34)29-12-5-2-6-13-29)37-16-9-17-38-39(37)36-27-22-32-14-7-8-15-35(32)40(36)42-38;1-3-10-28(11-4-1)30-18-23-33(24-19-30)41(34-25-20-31(21-26-34)29-12-5-2-6-13-29)38-17-9-16-36-37-27-22-32-14-7-8-15-35(32)39(37)42-40(36)38/h1-39H;2*1-27H. The number of hydrogen-bond donors (Lipinski definition) is 0. The van der Waals surface area contributed by atoms with Gasteiger partial charge in [-0.2, -0.15) is 0 Å². The summed E-state index contributed by atoms with van der Waals surface area (Å²) in [6, 6.07) is 200. The number of aromatic nitrogens is 1. The van der Waals surface area contributed by atoms with Crippen LogP contribution in [0.3, 0.4) is 0 Å². The molecular weight excluding hydrogens is 1710 g/mol. The molecule has 0 N–H and O–H groups in total. The molecule has 0 unspecified atom stereocenters. The number of hydrogen-bond acceptors (Lipinski definition) is 6. The molecule has 0 spiro atoms. The van der Waals surface area contributed by atoms with Gasteiger partial charge < -0.3 is 33.0 Å². The quantitative estimate of drug-likeness (QED) is 0.0804. The van der Waals surface area contributed by atoms with Crippen molar-refractivity contribution in [1.29, 1.82) is 0 Å². The van der Waals surface area contributed by atoms with Crippen LogP contribution in [0.5, 0.6) is 0 Å². The minimum Gasteiger partial charge on any atom is -0.455 e. The van der Waals surface area contributed by atoms with Crippen molar-refractivity contribution in [1.82, 2.24) is 4.57 Å². The van der Waals surface area contributed by atoms with Crippen LogP contribution in [-0.2, 0) is 0 Å². The van der Waals surface area contributed by atoms with Crippen LogP contribution in [0.25, 0.3) is 160 Å². The number of rotatable bonds is 19. The van der Waals surface area contributed by atoms with E-state index in [1.54, 1.807) is 0 Å². The summed E-state index contributed by atoms with van der Waals surface area (Å²) in [6.07, 6.45) is 0. The second-order valence-corrected chi connectivity index (χ2v) is 35.4. The van der Waals surface area contributed by atoms with Crippen LogP contribution < -0.4 is 19.6 Å². The molecule has 7 heteroatoms. The summed E-state index contributed by atoms with van der Waals surface area (Å²) in [5.41, 5.74) is 34.6. The van der Waals surface area contributed by atoms with E-state index in [2.05, 4.69) is 588 Å². The molecule has 0 aliphatic carbocycles. The van der Waals surface area contributed by atoms with Crippen LogP contribution in [0.2, 0.25) is 0 Å². The van der Waals surface area contributed by atoms with E-state index in [-0.39, 0.29) is 0 Å². The zero-order valence-corrected chi connectivity index (χ0v) is 77.2. The molecule has 0 aliphatic heterocycles. The molecule has 26 aromatic rings. The van der Waals surface area contributed by atoms with Gasteiger partial charge in [0.25, 0.3) is 0 Å². The Kier molecular flexibility index (Phi) is 23.0. The number of nitrogens with zero attached hydrogens (tertiary/aromatic N) is 5. The molecule has 0 saturated carbocycles. The summed E-state index contributed by atoms with van der Waals surface area (Å²) in [5, 5.41) is 11.5. The van der Waals surface area contributed by atoms with Crippen molar-refractivity contribution in [2.24, 2.45) is 0 Å². The minimum atomic E-state index is 0.878. The third-order valence-electron chi connectivity index (χ3n) is 26.9. The maximum Gasteiger partial charge on any atom is 0.159 e. The van der Waals surface area contributed by atoms with E-state index < -0.39 is 0 Å². The largest absolute Gasteiger partial charge is 0.455 e. The Morgan fingerprint density at radius 2 is 0.411 bits per heavy atom. The van der Waals surface area contributed by atoms with Crippen molar-refractivity contribution in [3.8, 4) is 72.4 Å². The Morgan fingerprint density at radius 3 is 0.787 bits per heavy atom. The maximum atomic E-state index is 6.77. The third-order valence-corrected chi connectivity index (χ3v) is 26.9. The smallest absolute Gasteiger partial charge is 0.159 e. The van der Waals surface area contributed by atoms with Gasteiger partial charge in [0.2, 0.25) is 0 Å². The summed E-state index contributed by atoms with van der Waals surface area (Å²) in [5.74, 6) is 0. The summed E-state index contributed by atoms with van der Waals surface area (Å²) >= 11 is 0. The van der Waals surface area contributed by atoms with Crippen molar-refractivity contribution in [2.45, 2.75) is 0 Å². The lowest BCUT2D eigenvalue weighted by molar-refractivity contribution is 0.672. The highest BCUT2D eigenvalue weighted by Gasteiger charge is 2.26. The zero-order chi connectivity index (χ0) is 93.7. The van der Waals surface area contributed by atoms with E-state index in [0.29, 0.717) is 0 Å². The lowest BCUT2D eigenvalue weighted by Crippen LogP contribution is -2.10. The molecule has 141 heavy (non-hydrogen) atoms. The van der Waals surface area contributed by atoms with Gasteiger partial charge in [-0.1, -0.05) is 376 Å². The van der Waals surface area contributed by atoms with E-state index >= 15 is 0 Å². The Bertz CT molecular complexity index is 8410. The molecule has 3 heterocycles. The number of furan rings is 2. The predicted molar refractivity (Wildman–Crippen MR) is 595 cm³/mol. The molecular formula is C134H93N5O2. The van der Waals surface area contributed by atoms with Crippen LogP contribution >= 0.6 is 0 Å². The second kappa shape index (κ2) is 38.2. The number of benzene rings is 23. The summed E-state index contributed by atoms with van der Waals surface area (Å²) in [6.45, 7) is 0. The van der Waals surface area contributed by atoms with E-state index in [1.807, 2.05) is 0 Å². The van der Waals surface area contributed by atoms with E-state index in [9.17, 15) is 0 Å². The molecule has 0 bridgehead atoms. The number of anilines is 12. The SMILES string of the molecule is c1ccc(-c2ccc(N(c3ccc(-c4ccccc4)cc3)c3cccc4c3oc3c5ccccc5ccc43)cc2)cc1.c1ccc(-c2ccc(N(c3ccc(-c4ccccc4)cc3)c3cccc4oc5c6ccccc6ccc5c34)cc2)cc1.c1ccc(N(c2ccccc2)c2ccc(-c3ccc4c(c3)c3cc(-c5ccc(N(c6ccccc6)c6ccccc6)cc5)ccc3n4-c3ccccc3)cc2)cc1. The Morgan fingerprint density at radius 1 is 0.149 bits per heavy atom. The van der Waals surface area contributed by atoms with E-state index in [1.165, 1.54) is 99.3 Å². The predicted octanol–water partition coefficient (Wildman–Crippen LogP) is 38.1. The monoisotopic (exact) mass is 1800 g/mol. The lowest BCUT2D eigenvalue weighted by atomic mass is 9.99. The Labute approximate surface area is 819 Å². The average Bonchev–Trinajstić information content (AvgIpc) is 1.59. The summed E-state index contributed by atoms with van der Waals surface area (Å²) in [7, 11) is 0.